The third-order valence-corrected chi connectivity index (χ3v) is 4.40. The van der Waals surface area contributed by atoms with Gasteiger partial charge in [0, 0.05) is 18.0 Å². The number of nitrogens with zero attached hydrogens (tertiary/aromatic N) is 2. The topological polar surface area (TPSA) is 71.5 Å². The second kappa shape index (κ2) is 8.66. The van der Waals surface area contributed by atoms with Crippen LogP contribution in [0.4, 0.5) is 11.4 Å². The van der Waals surface area contributed by atoms with Crippen molar-refractivity contribution in [3.05, 3.63) is 90.3 Å². The second-order valence-corrected chi connectivity index (χ2v) is 7.78. The van der Waals surface area contributed by atoms with Crippen LogP contribution in [-0.2, 0) is 28.0 Å². The Bertz CT molecular complexity index is 964. The maximum Gasteiger partial charge on any atom is 0.229 e. The zero-order valence-corrected chi connectivity index (χ0v) is 15.8. The van der Waals surface area contributed by atoms with Crippen LogP contribution < -0.4 is 9.79 Å². The zero-order valence-electron chi connectivity index (χ0n) is 14.9. The molecule has 1 heterocycles. The van der Waals surface area contributed by atoms with Gasteiger partial charge in [0.2, 0.25) is 10.0 Å². The molecule has 6 nitrogen and oxygen atoms in total. The maximum absolute atomic E-state index is 11.6. The highest BCUT2D eigenvalue weighted by Crippen LogP contribution is 2.22. The monoisotopic (exact) mass is 383 g/mol. The third-order valence-electron chi connectivity index (χ3n) is 3.81. The minimum Gasteiger partial charge on any atom is -0.283 e. The molecule has 0 aliphatic heterocycles. The lowest BCUT2D eigenvalue weighted by atomic mass is 10.2. The summed E-state index contributed by atoms with van der Waals surface area (Å²) in [6.07, 6.45) is 4.61. The van der Waals surface area contributed by atoms with E-state index in [-0.39, 0.29) is 6.61 Å². The van der Waals surface area contributed by atoms with Crippen molar-refractivity contribution in [3.8, 4) is 0 Å². The Morgan fingerprint density at radius 3 is 2.33 bits per heavy atom. The smallest absolute Gasteiger partial charge is 0.229 e. The van der Waals surface area contributed by atoms with E-state index < -0.39 is 10.0 Å². The zero-order chi connectivity index (χ0) is 19.1. The normalized spacial score (nSPS) is 11.1. The summed E-state index contributed by atoms with van der Waals surface area (Å²) < 4.78 is 25.7. The average Bonchev–Trinajstić information content (AvgIpc) is 2.66. The quantitative estimate of drug-likeness (QED) is 0.602. The number of hydroxylamine groups is 1. The molecule has 3 rings (SSSR count). The summed E-state index contributed by atoms with van der Waals surface area (Å²) in [7, 11) is -3.37. The summed E-state index contributed by atoms with van der Waals surface area (Å²) >= 11 is 0. The number of para-hydroxylation sites is 2. The number of anilines is 2. The van der Waals surface area contributed by atoms with Crippen molar-refractivity contribution in [3.63, 3.8) is 0 Å². The van der Waals surface area contributed by atoms with Gasteiger partial charge in [-0.1, -0.05) is 36.4 Å². The van der Waals surface area contributed by atoms with E-state index in [0.29, 0.717) is 12.2 Å². The largest absolute Gasteiger partial charge is 0.283 e. The number of hydrogen-bond acceptors (Lipinski definition) is 5. The fraction of sp³-hybridized carbons (Fsp3) is 0.150. The van der Waals surface area contributed by atoms with Gasteiger partial charge in [-0.3, -0.25) is 14.5 Å². The Hall–Kier alpha value is -2.90. The molecule has 0 spiro atoms. The molecular formula is C20H21N3O3S. The summed E-state index contributed by atoms with van der Waals surface area (Å²) in [6.45, 7) is 0.757. The number of aromatic nitrogens is 1. The van der Waals surface area contributed by atoms with E-state index in [1.807, 2.05) is 54.6 Å². The van der Waals surface area contributed by atoms with Crippen LogP contribution in [0.1, 0.15) is 11.1 Å². The van der Waals surface area contributed by atoms with Crippen molar-refractivity contribution in [1.29, 1.82) is 0 Å². The van der Waals surface area contributed by atoms with E-state index in [1.54, 1.807) is 29.6 Å². The van der Waals surface area contributed by atoms with Gasteiger partial charge in [-0.25, -0.2) is 13.5 Å². The molecule has 2 aromatic carbocycles. The number of nitrogens with one attached hydrogen (secondary N) is 1. The SMILES string of the molecule is CS(=O)(=O)Nc1ccccc1CON(Cc1ccncc1)c1ccccc1. The van der Waals surface area contributed by atoms with Crippen LogP contribution in [0.2, 0.25) is 0 Å². The predicted molar refractivity (Wildman–Crippen MR) is 107 cm³/mol. The Balaban J connectivity index is 1.79. The summed E-state index contributed by atoms with van der Waals surface area (Å²) in [4.78, 5) is 10.1. The number of hydrogen-bond donors (Lipinski definition) is 1. The van der Waals surface area contributed by atoms with Crippen LogP contribution >= 0.6 is 0 Å². The highest BCUT2D eigenvalue weighted by atomic mass is 32.2. The van der Waals surface area contributed by atoms with Crippen molar-refractivity contribution < 1.29 is 13.3 Å². The molecule has 0 saturated heterocycles. The molecule has 0 aliphatic carbocycles. The molecule has 0 atom stereocenters. The summed E-state index contributed by atoms with van der Waals surface area (Å²) in [5, 5.41) is 1.78. The number of rotatable bonds is 8. The van der Waals surface area contributed by atoms with Gasteiger partial charge >= 0.3 is 0 Å². The van der Waals surface area contributed by atoms with Crippen molar-refractivity contribution in [1.82, 2.24) is 4.98 Å². The molecule has 27 heavy (non-hydrogen) atoms. The fourth-order valence-electron chi connectivity index (χ4n) is 2.55. The molecule has 0 aliphatic rings. The lowest BCUT2D eigenvalue weighted by Crippen LogP contribution is -2.23. The van der Waals surface area contributed by atoms with Crippen molar-refractivity contribution in [2.75, 3.05) is 16.0 Å². The fourth-order valence-corrected chi connectivity index (χ4v) is 3.15. The molecule has 0 amide bonds. The maximum atomic E-state index is 11.6. The van der Waals surface area contributed by atoms with Crippen molar-refractivity contribution in [2.24, 2.45) is 0 Å². The van der Waals surface area contributed by atoms with Crippen LogP contribution in [0.25, 0.3) is 0 Å². The minimum atomic E-state index is -3.37. The Kier molecular flexibility index (Phi) is 6.05. The number of sulfonamides is 1. The van der Waals surface area contributed by atoms with Gasteiger partial charge in [-0.2, -0.15) is 0 Å². The van der Waals surface area contributed by atoms with E-state index in [4.69, 9.17) is 4.84 Å². The van der Waals surface area contributed by atoms with Gasteiger partial charge < -0.3 is 0 Å². The van der Waals surface area contributed by atoms with Gasteiger partial charge in [-0.05, 0) is 35.9 Å². The average molecular weight is 383 g/mol. The molecule has 0 fully saturated rings. The molecule has 0 unspecified atom stereocenters. The minimum absolute atomic E-state index is 0.221. The van der Waals surface area contributed by atoms with Crippen LogP contribution in [0.5, 0.6) is 0 Å². The van der Waals surface area contributed by atoms with Gasteiger partial charge in [0.15, 0.2) is 0 Å². The van der Waals surface area contributed by atoms with E-state index in [1.165, 1.54) is 0 Å². The molecule has 1 N–H and O–H groups in total. The van der Waals surface area contributed by atoms with Crippen LogP contribution in [0.3, 0.4) is 0 Å². The molecule has 0 radical (unpaired) electrons. The van der Waals surface area contributed by atoms with Crippen LogP contribution in [0, 0.1) is 0 Å². The molecule has 140 valence electrons. The summed E-state index contributed by atoms with van der Waals surface area (Å²) in [6, 6.07) is 20.8. The Labute approximate surface area is 159 Å². The molecular weight excluding hydrogens is 362 g/mol. The van der Waals surface area contributed by atoms with Gasteiger partial charge in [0.05, 0.1) is 24.2 Å². The van der Waals surface area contributed by atoms with Gasteiger partial charge in [-0.15, -0.1) is 0 Å². The van der Waals surface area contributed by atoms with E-state index in [0.717, 1.165) is 23.1 Å². The molecule has 1 aromatic heterocycles. The van der Waals surface area contributed by atoms with E-state index in [9.17, 15) is 8.42 Å². The lowest BCUT2D eigenvalue weighted by Gasteiger charge is -2.24. The lowest BCUT2D eigenvalue weighted by molar-refractivity contribution is 0.0912. The molecule has 0 bridgehead atoms. The van der Waals surface area contributed by atoms with Crippen molar-refractivity contribution >= 4 is 21.4 Å². The third kappa shape index (κ3) is 5.80. The second-order valence-electron chi connectivity index (χ2n) is 6.03. The molecule has 3 aromatic rings. The van der Waals surface area contributed by atoms with Gasteiger partial charge in [0.1, 0.15) is 6.61 Å². The Morgan fingerprint density at radius 2 is 1.63 bits per heavy atom. The van der Waals surface area contributed by atoms with Crippen LogP contribution in [0.15, 0.2) is 79.1 Å². The van der Waals surface area contributed by atoms with Gasteiger partial charge in [0.25, 0.3) is 0 Å². The number of pyridine rings is 1. The highest BCUT2D eigenvalue weighted by Gasteiger charge is 2.12. The highest BCUT2D eigenvalue weighted by molar-refractivity contribution is 7.92. The standard InChI is InChI=1S/C20H21N3O3S/c1-27(24,25)22-20-10-6-5-7-18(20)16-26-23(19-8-3-2-4-9-19)15-17-11-13-21-14-12-17/h2-14,22H,15-16H2,1H3. The van der Waals surface area contributed by atoms with Crippen molar-refractivity contribution in [2.45, 2.75) is 13.2 Å². The Morgan fingerprint density at radius 1 is 0.963 bits per heavy atom. The predicted octanol–water partition coefficient (Wildman–Crippen LogP) is 3.59. The molecule has 7 heteroatoms. The number of benzene rings is 2. The first kappa shape index (κ1) is 18.9. The first-order chi connectivity index (χ1) is 13.0. The first-order valence-corrected chi connectivity index (χ1v) is 10.3. The van der Waals surface area contributed by atoms with E-state index >= 15 is 0 Å². The first-order valence-electron chi connectivity index (χ1n) is 8.41. The molecule has 0 saturated carbocycles. The summed E-state index contributed by atoms with van der Waals surface area (Å²) in [5.74, 6) is 0. The van der Waals surface area contributed by atoms with E-state index in [2.05, 4.69) is 9.71 Å². The summed E-state index contributed by atoms with van der Waals surface area (Å²) in [5.41, 5.74) is 3.22. The van der Waals surface area contributed by atoms with Crippen LogP contribution in [-0.4, -0.2) is 19.7 Å².